The third kappa shape index (κ3) is 3.07. The molecule has 1 aromatic rings. The van der Waals surface area contributed by atoms with Gasteiger partial charge in [0, 0.05) is 19.1 Å². The van der Waals surface area contributed by atoms with Gasteiger partial charge in [0.25, 0.3) is 0 Å². The first kappa shape index (κ1) is 13.9. The van der Waals surface area contributed by atoms with Crippen LogP contribution >= 0.6 is 0 Å². The van der Waals surface area contributed by atoms with Crippen LogP contribution in [-0.4, -0.2) is 34.9 Å². The second kappa shape index (κ2) is 5.61. The molecule has 2 rings (SSSR count). The van der Waals surface area contributed by atoms with Crippen molar-refractivity contribution in [3.8, 4) is 0 Å². The zero-order valence-electron chi connectivity index (χ0n) is 11.8. The molecule has 2 unspecified atom stereocenters. The number of carbonyl (C=O) groups is 1. The Morgan fingerprint density at radius 3 is 2.84 bits per heavy atom. The van der Waals surface area contributed by atoms with Gasteiger partial charge in [-0.05, 0) is 27.2 Å². The lowest BCUT2D eigenvalue weighted by molar-refractivity contribution is -0.122. The lowest BCUT2D eigenvalue weighted by atomic mass is 10.0. The maximum absolute atomic E-state index is 11.9. The summed E-state index contributed by atoms with van der Waals surface area (Å²) in [7, 11) is 0. The van der Waals surface area contributed by atoms with Crippen molar-refractivity contribution >= 4 is 11.6 Å². The van der Waals surface area contributed by atoms with E-state index in [1.165, 1.54) is 0 Å². The van der Waals surface area contributed by atoms with E-state index in [9.17, 15) is 4.79 Å². The zero-order chi connectivity index (χ0) is 14.0. The smallest absolute Gasteiger partial charge is 0.241 e. The van der Waals surface area contributed by atoms with Gasteiger partial charge < -0.3 is 15.8 Å². The van der Waals surface area contributed by atoms with Crippen LogP contribution in [0.2, 0.25) is 0 Å². The number of hydrogen-bond donors (Lipinski definition) is 2. The number of nitrogens with one attached hydrogen (secondary N) is 1. The number of amides is 1. The summed E-state index contributed by atoms with van der Waals surface area (Å²) in [4.78, 5) is 11.9. The minimum absolute atomic E-state index is 0.0373. The van der Waals surface area contributed by atoms with Crippen molar-refractivity contribution in [2.45, 2.75) is 39.8 Å². The van der Waals surface area contributed by atoms with Gasteiger partial charge in [0.05, 0.1) is 23.2 Å². The number of nitrogen functional groups attached to an aromatic ring is 1. The fraction of sp³-hybridized carbons (Fsp3) is 0.692. The van der Waals surface area contributed by atoms with Gasteiger partial charge in [0.15, 0.2) is 0 Å². The Labute approximate surface area is 113 Å². The monoisotopic (exact) mass is 266 g/mol. The Hall–Kier alpha value is -1.56. The van der Waals surface area contributed by atoms with E-state index in [1.807, 2.05) is 20.8 Å². The average Bonchev–Trinajstić information content (AvgIpc) is 2.87. The molecule has 0 saturated carbocycles. The Bertz CT molecular complexity index is 469. The van der Waals surface area contributed by atoms with E-state index in [-0.39, 0.29) is 18.6 Å². The van der Waals surface area contributed by atoms with Gasteiger partial charge in [-0.1, -0.05) is 0 Å². The van der Waals surface area contributed by atoms with Gasteiger partial charge in [-0.15, -0.1) is 0 Å². The summed E-state index contributed by atoms with van der Waals surface area (Å²) < 4.78 is 7.12. The van der Waals surface area contributed by atoms with Crippen LogP contribution in [0.3, 0.4) is 0 Å². The third-order valence-corrected chi connectivity index (χ3v) is 3.83. The van der Waals surface area contributed by atoms with Gasteiger partial charge >= 0.3 is 0 Å². The van der Waals surface area contributed by atoms with Crippen molar-refractivity contribution < 1.29 is 9.53 Å². The quantitative estimate of drug-likeness (QED) is 0.837. The van der Waals surface area contributed by atoms with Crippen LogP contribution in [-0.2, 0) is 16.1 Å². The van der Waals surface area contributed by atoms with E-state index in [0.29, 0.717) is 18.2 Å². The van der Waals surface area contributed by atoms with Crippen molar-refractivity contribution in [1.29, 1.82) is 0 Å². The summed E-state index contributed by atoms with van der Waals surface area (Å²) >= 11 is 0. The first-order valence-electron chi connectivity index (χ1n) is 6.66. The molecule has 6 nitrogen and oxygen atoms in total. The molecule has 106 valence electrons. The third-order valence-electron chi connectivity index (χ3n) is 3.83. The molecule has 1 aliphatic rings. The van der Waals surface area contributed by atoms with Crippen LogP contribution in [0.25, 0.3) is 0 Å². The standard InChI is InChI=1S/C13H22N4O2/c1-8-13(14)9(2)17(16-8)7-12(18)15-6-11-4-5-19-10(11)3/h10-11H,4-7,14H2,1-3H3,(H,15,18). The summed E-state index contributed by atoms with van der Waals surface area (Å²) in [5.74, 6) is 0.374. The highest BCUT2D eigenvalue weighted by Crippen LogP contribution is 2.19. The molecule has 0 aromatic carbocycles. The highest BCUT2D eigenvalue weighted by molar-refractivity contribution is 5.75. The molecule has 1 aliphatic heterocycles. The molecule has 1 amide bonds. The Kier molecular flexibility index (Phi) is 4.09. The lowest BCUT2D eigenvalue weighted by Crippen LogP contribution is -2.34. The Morgan fingerprint density at radius 1 is 1.58 bits per heavy atom. The lowest BCUT2D eigenvalue weighted by Gasteiger charge is -2.14. The predicted octanol–water partition coefficient (Wildman–Crippen LogP) is 0.623. The number of nitrogens with zero attached hydrogens (tertiary/aromatic N) is 2. The van der Waals surface area contributed by atoms with Crippen molar-refractivity contribution in [3.05, 3.63) is 11.4 Å². The molecule has 1 aromatic heterocycles. The van der Waals surface area contributed by atoms with Gasteiger partial charge in [-0.25, -0.2) is 0 Å². The molecule has 1 saturated heterocycles. The molecule has 19 heavy (non-hydrogen) atoms. The number of rotatable bonds is 4. The number of anilines is 1. The second-order valence-electron chi connectivity index (χ2n) is 5.17. The minimum atomic E-state index is -0.0373. The number of aromatic nitrogens is 2. The van der Waals surface area contributed by atoms with Crippen LogP contribution < -0.4 is 11.1 Å². The molecule has 1 fully saturated rings. The van der Waals surface area contributed by atoms with E-state index < -0.39 is 0 Å². The highest BCUT2D eigenvalue weighted by atomic mass is 16.5. The van der Waals surface area contributed by atoms with Crippen LogP contribution in [0.1, 0.15) is 24.7 Å². The Balaban J connectivity index is 1.85. The van der Waals surface area contributed by atoms with E-state index in [0.717, 1.165) is 24.4 Å². The molecule has 2 atom stereocenters. The molecular weight excluding hydrogens is 244 g/mol. The minimum Gasteiger partial charge on any atom is -0.396 e. The summed E-state index contributed by atoms with van der Waals surface area (Å²) in [5, 5.41) is 7.19. The first-order chi connectivity index (χ1) is 8.99. The van der Waals surface area contributed by atoms with Crippen LogP contribution in [0.5, 0.6) is 0 Å². The summed E-state index contributed by atoms with van der Waals surface area (Å²) in [6.45, 7) is 7.42. The van der Waals surface area contributed by atoms with Crippen molar-refractivity contribution in [1.82, 2.24) is 15.1 Å². The van der Waals surface area contributed by atoms with Crippen LogP contribution in [0, 0.1) is 19.8 Å². The first-order valence-corrected chi connectivity index (χ1v) is 6.66. The number of hydrogen-bond acceptors (Lipinski definition) is 4. The summed E-state index contributed by atoms with van der Waals surface area (Å²) in [6, 6.07) is 0. The van der Waals surface area contributed by atoms with Gasteiger partial charge in [0.2, 0.25) is 5.91 Å². The molecule has 0 bridgehead atoms. The van der Waals surface area contributed by atoms with Crippen LogP contribution in [0.15, 0.2) is 0 Å². The zero-order valence-corrected chi connectivity index (χ0v) is 11.8. The van der Waals surface area contributed by atoms with E-state index in [2.05, 4.69) is 10.4 Å². The average molecular weight is 266 g/mol. The van der Waals surface area contributed by atoms with Crippen molar-refractivity contribution in [2.75, 3.05) is 18.9 Å². The molecule has 0 aliphatic carbocycles. The number of carbonyl (C=O) groups excluding carboxylic acids is 1. The van der Waals surface area contributed by atoms with Gasteiger partial charge in [-0.3, -0.25) is 9.48 Å². The number of nitrogens with two attached hydrogens (primary N) is 1. The maximum Gasteiger partial charge on any atom is 0.241 e. The van der Waals surface area contributed by atoms with Gasteiger partial charge in [-0.2, -0.15) is 5.10 Å². The molecule has 0 radical (unpaired) electrons. The largest absolute Gasteiger partial charge is 0.396 e. The van der Waals surface area contributed by atoms with Crippen molar-refractivity contribution in [2.24, 2.45) is 5.92 Å². The fourth-order valence-corrected chi connectivity index (χ4v) is 2.35. The normalized spacial score (nSPS) is 22.7. The Morgan fingerprint density at radius 2 is 2.32 bits per heavy atom. The molecule has 3 N–H and O–H groups in total. The van der Waals surface area contributed by atoms with Gasteiger partial charge in [0.1, 0.15) is 6.54 Å². The van der Waals surface area contributed by atoms with E-state index >= 15 is 0 Å². The topological polar surface area (TPSA) is 82.2 Å². The molecule has 2 heterocycles. The van der Waals surface area contributed by atoms with E-state index in [4.69, 9.17) is 10.5 Å². The number of aryl methyl sites for hydroxylation is 1. The fourth-order valence-electron chi connectivity index (χ4n) is 2.35. The maximum atomic E-state index is 11.9. The second-order valence-corrected chi connectivity index (χ2v) is 5.17. The SMILES string of the molecule is Cc1nn(CC(=O)NCC2CCOC2C)c(C)c1N. The molecular formula is C13H22N4O2. The molecule has 6 heteroatoms. The van der Waals surface area contributed by atoms with E-state index in [1.54, 1.807) is 4.68 Å². The molecule has 0 spiro atoms. The van der Waals surface area contributed by atoms with Crippen molar-refractivity contribution in [3.63, 3.8) is 0 Å². The number of ether oxygens (including phenoxy) is 1. The predicted molar refractivity (Wildman–Crippen MR) is 72.6 cm³/mol. The highest BCUT2D eigenvalue weighted by Gasteiger charge is 2.24. The summed E-state index contributed by atoms with van der Waals surface area (Å²) in [5.41, 5.74) is 8.10. The summed E-state index contributed by atoms with van der Waals surface area (Å²) in [6.07, 6.45) is 1.23. The van der Waals surface area contributed by atoms with Crippen LogP contribution in [0.4, 0.5) is 5.69 Å².